The number of carbonyl (C=O) groups is 4. The molecule has 0 bridgehead atoms. The molecule has 0 unspecified atom stereocenters. The van der Waals surface area contributed by atoms with E-state index in [1.165, 1.54) is 0 Å². The molecular weight excluding hydrogens is 304 g/mol. The minimum Gasteiger partial charge on any atom is -0.550 e. The van der Waals surface area contributed by atoms with Gasteiger partial charge < -0.3 is 29.4 Å². The summed E-state index contributed by atoms with van der Waals surface area (Å²) in [5, 5.41) is 19.5. The standard InChI is InChI=1S/2C6H10O3.Cu/c2*7-5-3-1-2-4-6(8)9;/h2*5H,1-4H2,(H,8,9);/q;;+2/p-2. The predicted octanol–water partition coefficient (Wildman–Crippen LogP) is -1.01. The maximum atomic E-state index is 9.76. The summed E-state index contributed by atoms with van der Waals surface area (Å²) in [6, 6.07) is 0. The first-order valence-electron chi connectivity index (χ1n) is 5.81. The second-order valence-corrected chi connectivity index (χ2v) is 3.57. The molecule has 0 aromatic heterocycles. The van der Waals surface area contributed by atoms with Gasteiger partial charge in [-0.25, -0.2) is 0 Å². The van der Waals surface area contributed by atoms with E-state index in [2.05, 4.69) is 0 Å². The summed E-state index contributed by atoms with van der Waals surface area (Å²) in [7, 11) is 0. The maximum Gasteiger partial charge on any atom is 2.00 e. The quantitative estimate of drug-likeness (QED) is 0.289. The Morgan fingerprint density at radius 2 is 1.05 bits per heavy atom. The Labute approximate surface area is 123 Å². The van der Waals surface area contributed by atoms with Crippen LogP contribution in [-0.4, -0.2) is 24.5 Å². The third-order valence-corrected chi connectivity index (χ3v) is 1.91. The van der Waals surface area contributed by atoms with E-state index in [-0.39, 0.29) is 29.9 Å². The fourth-order valence-corrected chi connectivity index (χ4v) is 0.994. The van der Waals surface area contributed by atoms with Crippen LogP contribution in [-0.2, 0) is 36.2 Å². The second-order valence-electron chi connectivity index (χ2n) is 3.57. The molecule has 0 aromatic rings. The minimum absolute atomic E-state index is 0. The molecule has 7 heteroatoms. The predicted molar refractivity (Wildman–Crippen MR) is 59.1 cm³/mol. The van der Waals surface area contributed by atoms with Crippen LogP contribution in [0.25, 0.3) is 0 Å². The summed E-state index contributed by atoms with van der Waals surface area (Å²) < 4.78 is 0. The molecule has 0 spiro atoms. The van der Waals surface area contributed by atoms with Gasteiger partial charge >= 0.3 is 17.1 Å². The van der Waals surface area contributed by atoms with Gasteiger partial charge in [-0.05, 0) is 38.5 Å². The number of aldehydes is 2. The van der Waals surface area contributed by atoms with Gasteiger partial charge in [-0.3, -0.25) is 0 Å². The van der Waals surface area contributed by atoms with Crippen molar-refractivity contribution in [1.82, 2.24) is 0 Å². The Balaban J connectivity index is -0.000000256. The first-order valence-corrected chi connectivity index (χ1v) is 5.81. The van der Waals surface area contributed by atoms with Crippen LogP contribution < -0.4 is 10.2 Å². The SMILES string of the molecule is O=CCCCCC(=O)[O-].O=CCCCCC(=O)[O-].[Cu+2]. The normalized spacial score (nSPS) is 8.42. The molecule has 113 valence electrons. The van der Waals surface area contributed by atoms with Crippen LogP contribution in [0.5, 0.6) is 0 Å². The van der Waals surface area contributed by atoms with Gasteiger partial charge in [0.15, 0.2) is 0 Å². The van der Waals surface area contributed by atoms with E-state index >= 15 is 0 Å². The van der Waals surface area contributed by atoms with Crippen molar-refractivity contribution in [2.45, 2.75) is 51.4 Å². The Morgan fingerprint density at radius 3 is 1.26 bits per heavy atom. The fraction of sp³-hybridized carbons (Fsp3) is 0.667. The summed E-state index contributed by atoms with van der Waals surface area (Å²) >= 11 is 0. The number of hydrogen-bond acceptors (Lipinski definition) is 6. The van der Waals surface area contributed by atoms with Gasteiger partial charge in [0.1, 0.15) is 12.6 Å². The van der Waals surface area contributed by atoms with Crippen LogP contribution >= 0.6 is 0 Å². The van der Waals surface area contributed by atoms with Crippen molar-refractivity contribution in [3.8, 4) is 0 Å². The molecule has 0 aliphatic rings. The molecule has 0 N–H and O–H groups in total. The number of aliphatic carboxylic acids is 2. The van der Waals surface area contributed by atoms with Crippen molar-refractivity contribution >= 4 is 24.5 Å². The Morgan fingerprint density at radius 1 is 0.737 bits per heavy atom. The molecule has 0 heterocycles. The van der Waals surface area contributed by atoms with E-state index in [0.717, 1.165) is 12.6 Å². The van der Waals surface area contributed by atoms with Crippen molar-refractivity contribution in [3.05, 3.63) is 0 Å². The molecular formula is C12H18CuO6. The zero-order chi connectivity index (χ0) is 14.2. The van der Waals surface area contributed by atoms with Gasteiger partial charge in [-0.15, -0.1) is 0 Å². The smallest absolute Gasteiger partial charge is 0.550 e. The van der Waals surface area contributed by atoms with E-state index in [1.54, 1.807) is 0 Å². The first-order chi connectivity index (χ1) is 8.54. The van der Waals surface area contributed by atoms with E-state index in [4.69, 9.17) is 0 Å². The van der Waals surface area contributed by atoms with E-state index in [1.807, 2.05) is 0 Å². The Bertz CT molecular complexity index is 229. The number of unbranched alkanes of at least 4 members (excludes halogenated alkanes) is 4. The van der Waals surface area contributed by atoms with Gasteiger partial charge in [0.05, 0.1) is 0 Å². The summed E-state index contributed by atoms with van der Waals surface area (Å²) in [6.07, 6.45) is 4.99. The van der Waals surface area contributed by atoms with Crippen LogP contribution in [0.1, 0.15) is 51.4 Å². The second kappa shape index (κ2) is 19.1. The van der Waals surface area contributed by atoms with E-state index in [9.17, 15) is 29.4 Å². The van der Waals surface area contributed by atoms with Gasteiger partial charge in [0.25, 0.3) is 0 Å². The first kappa shape index (κ1) is 22.9. The van der Waals surface area contributed by atoms with Gasteiger partial charge in [-0.1, -0.05) is 0 Å². The molecule has 0 aromatic carbocycles. The number of rotatable bonds is 10. The summed E-state index contributed by atoms with van der Waals surface area (Å²) in [6.45, 7) is 0. The van der Waals surface area contributed by atoms with Crippen molar-refractivity contribution in [2.75, 3.05) is 0 Å². The Hall–Kier alpha value is -1.20. The van der Waals surface area contributed by atoms with Crippen molar-refractivity contribution in [2.24, 2.45) is 0 Å². The topological polar surface area (TPSA) is 114 Å². The third-order valence-electron chi connectivity index (χ3n) is 1.91. The minimum atomic E-state index is -1.04. The molecule has 0 fully saturated rings. The molecule has 0 aliphatic heterocycles. The summed E-state index contributed by atoms with van der Waals surface area (Å²) in [5.41, 5.74) is 0. The van der Waals surface area contributed by atoms with Crippen molar-refractivity contribution in [1.29, 1.82) is 0 Å². The molecule has 0 saturated carbocycles. The Kier molecular flexibility index (Phi) is 23.1. The zero-order valence-electron chi connectivity index (χ0n) is 10.6. The van der Waals surface area contributed by atoms with Gasteiger partial charge in [-0.2, -0.15) is 0 Å². The molecule has 19 heavy (non-hydrogen) atoms. The van der Waals surface area contributed by atoms with Crippen LogP contribution in [0.4, 0.5) is 0 Å². The van der Waals surface area contributed by atoms with Gasteiger partial charge in [0, 0.05) is 24.8 Å². The average molecular weight is 322 g/mol. The van der Waals surface area contributed by atoms with Crippen molar-refractivity contribution in [3.63, 3.8) is 0 Å². The average Bonchev–Trinajstić information content (AvgIpc) is 2.31. The molecule has 0 rings (SSSR count). The molecule has 0 saturated heterocycles. The van der Waals surface area contributed by atoms with Crippen LogP contribution in [0.3, 0.4) is 0 Å². The monoisotopic (exact) mass is 321 g/mol. The molecule has 0 amide bonds. The number of carboxylic acid groups (broad SMARTS) is 2. The van der Waals surface area contributed by atoms with Crippen LogP contribution in [0.15, 0.2) is 0 Å². The number of carbonyl (C=O) groups excluding carboxylic acids is 4. The third kappa shape index (κ3) is 31.5. The summed E-state index contributed by atoms with van der Waals surface area (Å²) in [4.78, 5) is 38.9. The van der Waals surface area contributed by atoms with Crippen LogP contribution in [0, 0.1) is 0 Å². The van der Waals surface area contributed by atoms with Gasteiger partial charge in [0.2, 0.25) is 0 Å². The number of hydrogen-bond donors (Lipinski definition) is 0. The van der Waals surface area contributed by atoms with Crippen LogP contribution in [0.2, 0.25) is 0 Å². The van der Waals surface area contributed by atoms with E-state index in [0.29, 0.717) is 38.5 Å². The molecule has 0 atom stereocenters. The van der Waals surface area contributed by atoms with E-state index < -0.39 is 11.9 Å². The largest absolute Gasteiger partial charge is 2.00 e. The zero-order valence-corrected chi connectivity index (χ0v) is 11.5. The van der Waals surface area contributed by atoms with Crippen molar-refractivity contribution < 1.29 is 46.5 Å². The molecule has 6 nitrogen and oxygen atoms in total. The maximum absolute atomic E-state index is 9.76. The summed E-state index contributed by atoms with van der Waals surface area (Å²) in [5.74, 6) is -2.08. The molecule has 1 radical (unpaired) electrons. The fourth-order valence-electron chi connectivity index (χ4n) is 0.994. The number of carboxylic acids is 2. The molecule has 0 aliphatic carbocycles.